The Morgan fingerprint density at radius 2 is 2.11 bits per heavy atom. The highest BCUT2D eigenvalue weighted by atomic mass is 35.5. The Bertz CT molecular complexity index is 542. The van der Waals surface area contributed by atoms with Crippen molar-refractivity contribution in [3.63, 3.8) is 0 Å². The molecule has 0 aliphatic heterocycles. The Labute approximate surface area is 125 Å². The van der Waals surface area contributed by atoms with E-state index in [-0.39, 0.29) is 6.04 Å². The molecule has 96 valence electrons. The Hall–Kier alpha value is -0.320. The van der Waals surface area contributed by atoms with Crippen molar-refractivity contribution in [2.24, 2.45) is 0 Å². The molecule has 0 aliphatic rings. The third-order valence-corrected chi connectivity index (χ3v) is 4.20. The van der Waals surface area contributed by atoms with Crippen molar-refractivity contribution in [1.82, 2.24) is 10.3 Å². The average Bonchev–Trinajstić information content (AvgIpc) is 2.73. The lowest BCUT2D eigenvalue weighted by Crippen LogP contribution is -2.22. The Morgan fingerprint density at radius 1 is 1.33 bits per heavy atom. The van der Waals surface area contributed by atoms with Gasteiger partial charge in [0.1, 0.15) is 0 Å². The Morgan fingerprint density at radius 3 is 2.67 bits per heavy atom. The van der Waals surface area contributed by atoms with Gasteiger partial charge in [-0.3, -0.25) is 4.98 Å². The third kappa shape index (κ3) is 3.16. The fourth-order valence-corrected chi connectivity index (χ4v) is 3.29. The molecular weight excluding hydrogens is 311 g/mol. The molecule has 0 aliphatic carbocycles. The van der Waals surface area contributed by atoms with Gasteiger partial charge >= 0.3 is 0 Å². The van der Waals surface area contributed by atoms with Crippen molar-refractivity contribution < 1.29 is 0 Å². The van der Waals surface area contributed by atoms with Crippen molar-refractivity contribution >= 4 is 46.1 Å². The maximum absolute atomic E-state index is 6.20. The van der Waals surface area contributed by atoms with E-state index < -0.39 is 0 Å². The number of thiophene rings is 1. The first-order valence-corrected chi connectivity index (χ1v) is 7.36. The van der Waals surface area contributed by atoms with Crippen molar-refractivity contribution in [3.8, 4) is 0 Å². The van der Waals surface area contributed by atoms with Gasteiger partial charge in [0, 0.05) is 11.1 Å². The molecule has 0 radical (unpaired) electrons. The fraction of sp³-hybridized carbons (Fsp3) is 0.250. The Balaban J connectivity index is 2.41. The molecule has 6 heteroatoms. The maximum atomic E-state index is 6.20. The summed E-state index contributed by atoms with van der Waals surface area (Å²) < 4.78 is 0.748. The summed E-state index contributed by atoms with van der Waals surface area (Å²) in [6, 6.07) is 5.49. The zero-order valence-corrected chi connectivity index (χ0v) is 12.7. The zero-order valence-electron chi connectivity index (χ0n) is 9.58. The van der Waals surface area contributed by atoms with Crippen molar-refractivity contribution in [3.05, 3.63) is 49.3 Å². The normalized spacial score (nSPS) is 12.7. The maximum Gasteiger partial charge on any atom is 0.0931 e. The highest BCUT2D eigenvalue weighted by Crippen LogP contribution is 2.33. The van der Waals surface area contributed by atoms with E-state index in [2.05, 4.69) is 10.3 Å². The number of rotatable bonds is 4. The zero-order chi connectivity index (χ0) is 13.1. The van der Waals surface area contributed by atoms with Crippen LogP contribution in [0.3, 0.4) is 0 Å². The van der Waals surface area contributed by atoms with Crippen LogP contribution in [0, 0.1) is 0 Å². The van der Waals surface area contributed by atoms with Crippen molar-refractivity contribution in [2.75, 3.05) is 6.54 Å². The lowest BCUT2D eigenvalue weighted by atomic mass is 10.1. The topological polar surface area (TPSA) is 24.9 Å². The van der Waals surface area contributed by atoms with Crippen LogP contribution in [-0.2, 0) is 0 Å². The van der Waals surface area contributed by atoms with E-state index in [0.717, 1.165) is 21.5 Å². The van der Waals surface area contributed by atoms with Crippen LogP contribution in [0.25, 0.3) is 0 Å². The Kier molecular flexibility index (Phi) is 4.87. The minimum Gasteiger partial charge on any atom is -0.305 e. The van der Waals surface area contributed by atoms with Gasteiger partial charge in [-0.1, -0.05) is 41.7 Å². The van der Waals surface area contributed by atoms with E-state index in [0.29, 0.717) is 10.0 Å². The molecule has 1 atom stereocenters. The van der Waals surface area contributed by atoms with Crippen molar-refractivity contribution in [1.29, 1.82) is 0 Å². The van der Waals surface area contributed by atoms with E-state index >= 15 is 0 Å². The highest BCUT2D eigenvalue weighted by molar-refractivity contribution is 7.16. The predicted octanol–water partition coefficient (Wildman–Crippen LogP) is 4.80. The SMILES string of the molecule is CCNC(c1ccc(Cl)s1)c1ncc(Cl)cc1Cl. The second-order valence-electron chi connectivity index (χ2n) is 3.65. The van der Waals surface area contributed by atoms with Crippen LogP contribution in [0.4, 0.5) is 0 Å². The summed E-state index contributed by atoms with van der Waals surface area (Å²) in [7, 11) is 0. The van der Waals surface area contributed by atoms with Crippen LogP contribution in [0.15, 0.2) is 24.4 Å². The summed E-state index contributed by atoms with van der Waals surface area (Å²) in [6.07, 6.45) is 1.60. The van der Waals surface area contributed by atoms with Crippen molar-refractivity contribution in [2.45, 2.75) is 13.0 Å². The molecule has 2 aromatic rings. The van der Waals surface area contributed by atoms with Crippen LogP contribution in [-0.4, -0.2) is 11.5 Å². The van der Waals surface area contributed by atoms with Gasteiger partial charge in [0.15, 0.2) is 0 Å². The molecule has 2 nitrogen and oxygen atoms in total. The number of halogens is 3. The lowest BCUT2D eigenvalue weighted by Gasteiger charge is -2.17. The molecule has 2 aromatic heterocycles. The largest absolute Gasteiger partial charge is 0.305 e. The summed E-state index contributed by atoms with van der Waals surface area (Å²) in [4.78, 5) is 5.40. The monoisotopic (exact) mass is 320 g/mol. The second-order valence-corrected chi connectivity index (χ2v) is 6.24. The van der Waals surface area contributed by atoms with Gasteiger partial charge in [0.25, 0.3) is 0 Å². The first-order chi connectivity index (χ1) is 8.61. The van der Waals surface area contributed by atoms with Gasteiger partial charge in [-0.25, -0.2) is 0 Å². The molecule has 0 fully saturated rings. The quantitative estimate of drug-likeness (QED) is 0.874. The highest BCUT2D eigenvalue weighted by Gasteiger charge is 2.19. The van der Waals surface area contributed by atoms with Crippen LogP contribution in [0.1, 0.15) is 23.5 Å². The minimum absolute atomic E-state index is 0.0581. The molecule has 18 heavy (non-hydrogen) atoms. The second kappa shape index (κ2) is 6.22. The van der Waals surface area contributed by atoms with Crippen LogP contribution in [0.2, 0.25) is 14.4 Å². The number of nitrogens with zero attached hydrogens (tertiary/aromatic N) is 1. The third-order valence-electron chi connectivity index (χ3n) is 2.40. The average molecular weight is 322 g/mol. The number of hydrogen-bond donors (Lipinski definition) is 1. The smallest absolute Gasteiger partial charge is 0.0931 e. The van der Waals surface area contributed by atoms with Crippen LogP contribution >= 0.6 is 46.1 Å². The lowest BCUT2D eigenvalue weighted by molar-refractivity contribution is 0.624. The summed E-state index contributed by atoms with van der Waals surface area (Å²) >= 11 is 19.6. The molecule has 0 saturated carbocycles. The molecule has 2 rings (SSSR count). The molecule has 0 bridgehead atoms. The molecule has 0 amide bonds. The van der Waals surface area contributed by atoms with Gasteiger partial charge in [0.05, 0.1) is 26.1 Å². The van der Waals surface area contributed by atoms with Gasteiger partial charge in [0.2, 0.25) is 0 Å². The molecular formula is C12H11Cl3N2S. The van der Waals surface area contributed by atoms with Gasteiger partial charge in [-0.15, -0.1) is 11.3 Å². The predicted molar refractivity (Wildman–Crippen MR) is 79.1 cm³/mol. The minimum atomic E-state index is -0.0581. The molecule has 2 heterocycles. The molecule has 1 N–H and O–H groups in total. The summed E-state index contributed by atoms with van der Waals surface area (Å²) in [5.74, 6) is 0. The van der Waals surface area contributed by atoms with Gasteiger partial charge in [-0.2, -0.15) is 0 Å². The van der Waals surface area contributed by atoms with E-state index in [1.807, 2.05) is 19.1 Å². The first-order valence-electron chi connectivity index (χ1n) is 5.41. The van der Waals surface area contributed by atoms with E-state index in [4.69, 9.17) is 34.8 Å². The molecule has 1 unspecified atom stereocenters. The van der Waals surface area contributed by atoms with Gasteiger partial charge in [-0.05, 0) is 24.7 Å². The van der Waals surface area contributed by atoms with Gasteiger partial charge < -0.3 is 5.32 Å². The van der Waals surface area contributed by atoms with Crippen LogP contribution < -0.4 is 5.32 Å². The van der Waals surface area contributed by atoms with Crippen LogP contribution in [0.5, 0.6) is 0 Å². The number of pyridine rings is 1. The van der Waals surface area contributed by atoms with E-state index in [9.17, 15) is 0 Å². The van der Waals surface area contributed by atoms with E-state index in [1.54, 1.807) is 12.3 Å². The molecule has 0 aromatic carbocycles. The number of aromatic nitrogens is 1. The number of nitrogens with one attached hydrogen (secondary N) is 1. The summed E-state index contributed by atoms with van der Waals surface area (Å²) in [5.41, 5.74) is 0.765. The standard InChI is InChI=1S/C12H11Cl3N2S/c1-2-16-12(9-3-4-10(15)18-9)11-8(14)5-7(13)6-17-11/h3-6,12,16H,2H2,1H3. The fourth-order valence-electron chi connectivity index (χ4n) is 1.66. The molecule has 0 saturated heterocycles. The summed E-state index contributed by atoms with van der Waals surface area (Å²) in [6.45, 7) is 2.84. The number of hydrogen-bond acceptors (Lipinski definition) is 3. The summed E-state index contributed by atoms with van der Waals surface area (Å²) in [5, 5.41) is 4.43. The molecule has 0 spiro atoms. The van der Waals surface area contributed by atoms with E-state index in [1.165, 1.54) is 11.3 Å². The first kappa shape index (κ1) is 14.1.